The molecule has 0 spiro atoms. The fourth-order valence-electron chi connectivity index (χ4n) is 3.77. The molecule has 2 N–H and O–H groups in total. The van der Waals surface area contributed by atoms with E-state index in [1.807, 2.05) is 0 Å². The van der Waals surface area contributed by atoms with Gasteiger partial charge in [-0.15, -0.1) is 0 Å². The van der Waals surface area contributed by atoms with Crippen molar-refractivity contribution in [2.75, 3.05) is 12.7 Å². The molecule has 0 heterocycles. The number of halogens is 1. The molecular weight excluding hydrogens is 389 g/mol. The van der Waals surface area contributed by atoms with Crippen LogP contribution in [0.15, 0.2) is 78.9 Å². The van der Waals surface area contributed by atoms with Crippen LogP contribution in [0.1, 0.15) is 11.1 Å². The van der Waals surface area contributed by atoms with Gasteiger partial charge < -0.3 is 0 Å². The van der Waals surface area contributed by atoms with E-state index in [0.717, 1.165) is 6.16 Å². The SMILES string of the molecule is Cc1cccc(P(Br)(CCN)(c2ccccc2)c2ccccc2)c1C. The summed E-state index contributed by atoms with van der Waals surface area (Å²) in [4.78, 5) is 0. The molecule has 3 aromatic carbocycles. The number of hydrogen-bond acceptors (Lipinski definition) is 1. The molecule has 0 aliphatic rings. The first-order valence-electron chi connectivity index (χ1n) is 8.63. The van der Waals surface area contributed by atoms with E-state index in [9.17, 15) is 0 Å². The van der Waals surface area contributed by atoms with Crippen molar-refractivity contribution in [3.05, 3.63) is 90.0 Å². The monoisotopic (exact) mass is 413 g/mol. The molecule has 0 unspecified atom stereocenters. The Kier molecular flexibility index (Phi) is 5.16. The average Bonchev–Trinajstić information content (AvgIpc) is 2.65. The Balaban J connectivity index is 2.49. The molecule has 0 aromatic heterocycles. The summed E-state index contributed by atoms with van der Waals surface area (Å²) in [6, 6.07) is 28.3. The van der Waals surface area contributed by atoms with E-state index in [1.54, 1.807) is 0 Å². The van der Waals surface area contributed by atoms with Crippen molar-refractivity contribution < 1.29 is 0 Å². The number of aryl methyl sites for hydroxylation is 1. The zero-order valence-electron chi connectivity index (χ0n) is 14.8. The van der Waals surface area contributed by atoms with Gasteiger partial charge in [-0.05, 0) is 0 Å². The molecule has 0 saturated heterocycles. The molecule has 0 bridgehead atoms. The molecule has 0 aliphatic heterocycles. The Morgan fingerprint density at radius 1 is 0.760 bits per heavy atom. The van der Waals surface area contributed by atoms with Crippen LogP contribution in [0.5, 0.6) is 0 Å². The molecule has 1 nitrogen and oxygen atoms in total. The van der Waals surface area contributed by atoms with E-state index < -0.39 is 5.31 Å². The van der Waals surface area contributed by atoms with Gasteiger partial charge in [0, 0.05) is 0 Å². The Bertz CT molecular complexity index is 822. The summed E-state index contributed by atoms with van der Waals surface area (Å²) < 4.78 is 0. The first-order valence-corrected chi connectivity index (χ1v) is 13.1. The summed E-state index contributed by atoms with van der Waals surface area (Å²) in [6.45, 7) is 5.04. The van der Waals surface area contributed by atoms with Gasteiger partial charge in [-0.1, -0.05) is 0 Å². The van der Waals surface area contributed by atoms with Crippen LogP contribution >= 0.6 is 20.8 Å². The van der Waals surface area contributed by atoms with Crippen LogP contribution in [0.2, 0.25) is 0 Å². The second kappa shape index (κ2) is 7.03. The quantitative estimate of drug-likeness (QED) is 0.616. The third-order valence-corrected chi connectivity index (χ3v) is 15.2. The molecule has 0 atom stereocenters. The summed E-state index contributed by atoms with van der Waals surface area (Å²) in [5, 5.41) is 1.22. The van der Waals surface area contributed by atoms with Gasteiger partial charge in [0.1, 0.15) is 0 Å². The molecule has 130 valence electrons. The van der Waals surface area contributed by atoms with Gasteiger partial charge in [0.25, 0.3) is 0 Å². The normalized spacial score (nSPS) is 13.2. The zero-order valence-corrected chi connectivity index (χ0v) is 17.3. The molecular formula is C22H25BrNP. The van der Waals surface area contributed by atoms with Crippen molar-refractivity contribution in [3.63, 3.8) is 0 Å². The fraction of sp³-hybridized carbons (Fsp3) is 0.182. The van der Waals surface area contributed by atoms with E-state index in [-0.39, 0.29) is 0 Å². The standard InChI is InChI=1S/C22H25BrNP/c1-18-10-9-15-22(19(18)2)25(23,17-16-24,20-11-5-3-6-12-20)21-13-7-4-8-14-21/h3-15H,16-17,24H2,1-2H3. The maximum atomic E-state index is 6.20. The fourth-order valence-corrected chi connectivity index (χ4v) is 11.9. The summed E-state index contributed by atoms with van der Waals surface area (Å²) in [5.41, 5.74) is 8.86. The number of rotatable bonds is 5. The van der Waals surface area contributed by atoms with E-state index in [2.05, 4.69) is 108 Å². The molecule has 25 heavy (non-hydrogen) atoms. The van der Waals surface area contributed by atoms with E-state index in [1.165, 1.54) is 27.0 Å². The Labute approximate surface area is 158 Å². The van der Waals surface area contributed by atoms with Gasteiger partial charge in [0.05, 0.1) is 0 Å². The van der Waals surface area contributed by atoms with Crippen LogP contribution in [-0.4, -0.2) is 12.7 Å². The Morgan fingerprint density at radius 3 is 1.76 bits per heavy atom. The van der Waals surface area contributed by atoms with Gasteiger partial charge in [0.15, 0.2) is 0 Å². The number of hydrogen-bond donors (Lipinski definition) is 1. The van der Waals surface area contributed by atoms with Gasteiger partial charge in [0.2, 0.25) is 0 Å². The number of nitrogens with two attached hydrogens (primary N) is 1. The third kappa shape index (κ3) is 2.87. The van der Waals surface area contributed by atoms with Crippen molar-refractivity contribution in [2.45, 2.75) is 13.8 Å². The van der Waals surface area contributed by atoms with Crippen LogP contribution < -0.4 is 21.6 Å². The van der Waals surface area contributed by atoms with Crippen LogP contribution in [-0.2, 0) is 0 Å². The van der Waals surface area contributed by atoms with Crippen molar-refractivity contribution in [1.82, 2.24) is 0 Å². The van der Waals surface area contributed by atoms with Gasteiger partial charge in [-0.3, -0.25) is 0 Å². The van der Waals surface area contributed by atoms with E-state index >= 15 is 0 Å². The summed E-state index contributed by atoms with van der Waals surface area (Å²) >= 11 is 4.41. The van der Waals surface area contributed by atoms with Crippen LogP contribution in [0.25, 0.3) is 0 Å². The van der Waals surface area contributed by atoms with Gasteiger partial charge in [-0.2, -0.15) is 0 Å². The first kappa shape index (κ1) is 18.3. The molecule has 3 heteroatoms. The molecule has 0 saturated carbocycles. The van der Waals surface area contributed by atoms with Gasteiger partial charge in [-0.25, -0.2) is 0 Å². The van der Waals surface area contributed by atoms with E-state index in [4.69, 9.17) is 5.73 Å². The molecule has 3 aromatic rings. The summed E-state index contributed by atoms with van der Waals surface area (Å²) in [7, 11) is 0. The van der Waals surface area contributed by atoms with Crippen LogP contribution in [0.3, 0.4) is 0 Å². The third-order valence-electron chi connectivity index (χ3n) is 5.22. The van der Waals surface area contributed by atoms with Crippen molar-refractivity contribution in [1.29, 1.82) is 0 Å². The van der Waals surface area contributed by atoms with Crippen molar-refractivity contribution in [2.24, 2.45) is 5.73 Å². The molecule has 0 fully saturated rings. The number of benzene rings is 3. The predicted molar refractivity (Wildman–Crippen MR) is 117 cm³/mol. The Morgan fingerprint density at radius 2 is 1.28 bits per heavy atom. The zero-order chi connectivity index (χ0) is 17.9. The molecule has 0 radical (unpaired) electrons. The van der Waals surface area contributed by atoms with Crippen molar-refractivity contribution >= 4 is 36.7 Å². The topological polar surface area (TPSA) is 26.0 Å². The molecule has 3 rings (SSSR count). The first-order chi connectivity index (χ1) is 12.0. The summed E-state index contributed by atoms with van der Waals surface area (Å²) in [6.07, 6.45) is 0.893. The molecule has 0 aliphatic carbocycles. The Hall–Kier alpha value is -1.47. The van der Waals surface area contributed by atoms with Gasteiger partial charge >= 0.3 is 159 Å². The second-order valence-corrected chi connectivity index (χ2v) is 15.6. The van der Waals surface area contributed by atoms with E-state index in [0.29, 0.717) is 6.54 Å². The summed E-state index contributed by atoms with van der Waals surface area (Å²) in [5.74, 6) is 0. The van der Waals surface area contributed by atoms with Crippen LogP contribution in [0.4, 0.5) is 0 Å². The average molecular weight is 414 g/mol. The molecule has 0 amide bonds. The minimum absolute atomic E-state index is 0.625. The minimum atomic E-state index is -2.82. The van der Waals surface area contributed by atoms with Crippen LogP contribution in [0, 0.1) is 13.8 Å². The van der Waals surface area contributed by atoms with Crippen molar-refractivity contribution in [3.8, 4) is 0 Å². The maximum absolute atomic E-state index is 6.20. The predicted octanol–water partition coefficient (Wildman–Crippen LogP) is 4.40. The second-order valence-electron chi connectivity index (χ2n) is 6.59.